The molecule has 39 heavy (non-hydrogen) atoms. The molecule has 216 valence electrons. The lowest BCUT2D eigenvalue weighted by atomic mass is 9.97. The molecule has 1 saturated heterocycles. The molecule has 0 radical (unpaired) electrons. The van der Waals surface area contributed by atoms with E-state index in [9.17, 15) is 32.8 Å². The summed E-state index contributed by atoms with van der Waals surface area (Å²) in [5.74, 6) is -2.04. The van der Waals surface area contributed by atoms with Crippen LogP contribution in [0.5, 0.6) is 5.75 Å². The molecule has 2 aromatic rings. The number of ether oxygens (including phenoxy) is 2. The quantitative estimate of drug-likeness (QED) is 0.200. The average Bonchev–Trinajstić information content (AvgIpc) is 3.12. The van der Waals surface area contributed by atoms with Gasteiger partial charge in [-0.15, -0.1) is 11.6 Å². The van der Waals surface area contributed by atoms with Crippen molar-refractivity contribution in [3.05, 3.63) is 63.2 Å². The lowest BCUT2D eigenvalue weighted by Gasteiger charge is -2.30. The Morgan fingerprint density at radius 2 is 1.92 bits per heavy atom. The molecule has 7 atom stereocenters. The Hall–Kier alpha value is -2.61. The van der Waals surface area contributed by atoms with E-state index in [1.807, 2.05) is 0 Å². The number of esters is 1. The number of para-hydroxylation sites is 1. The van der Waals surface area contributed by atoms with Gasteiger partial charge in [0.1, 0.15) is 35.5 Å². The summed E-state index contributed by atoms with van der Waals surface area (Å²) in [6, 6.07) is 6.63. The molecule has 2 heterocycles. The van der Waals surface area contributed by atoms with Gasteiger partial charge in [0.25, 0.3) is 5.56 Å². The van der Waals surface area contributed by atoms with Crippen molar-refractivity contribution in [3.8, 4) is 5.75 Å². The maximum atomic E-state index is 14.2. The standard InChI is InChI=1S/C23H29ClF2N3O9P/c1-12(2)35-20(32)13(3)28-39(34,38-15-8-6-5-7-9-15)37-14(4)17-18(30)23(24,11-25)21(36-17)29-10-16(26)19(31)27-22(29)33/h5-10,12-14,17-18,21,30H,11H2,1-4H3,(H,28,34)(H,27,31,33)/t13-,14-,17+,18?,21+,23+,39-/m0/s1. The Balaban J connectivity index is 1.91. The van der Waals surface area contributed by atoms with Crippen molar-refractivity contribution in [2.24, 2.45) is 0 Å². The SMILES string of the molecule is CC(C)OC(=O)[C@H](C)N[P@@](=O)(Oc1ccccc1)O[C@@H](C)[C@H]1O[C@@H](n2cc(F)c(=O)[nH]c2=O)[C@@](Cl)(CF)C1O. The number of alkyl halides is 2. The van der Waals surface area contributed by atoms with Crippen molar-refractivity contribution in [2.45, 2.75) is 69.3 Å². The van der Waals surface area contributed by atoms with Gasteiger partial charge in [0, 0.05) is 0 Å². The van der Waals surface area contributed by atoms with Crippen molar-refractivity contribution in [1.82, 2.24) is 14.6 Å². The Morgan fingerprint density at radius 3 is 2.51 bits per heavy atom. The summed E-state index contributed by atoms with van der Waals surface area (Å²) < 4.78 is 64.4. The highest BCUT2D eigenvalue weighted by Crippen LogP contribution is 2.50. The molecular formula is C23H29ClF2N3O9P. The van der Waals surface area contributed by atoms with Gasteiger partial charge in [-0.05, 0) is 39.8 Å². The number of aliphatic hydroxyl groups is 1. The highest BCUT2D eigenvalue weighted by molar-refractivity contribution is 7.52. The van der Waals surface area contributed by atoms with Gasteiger partial charge in [-0.1, -0.05) is 18.2 Å². The molecule has 0 saturated carbocycles. The van der Waals surface area contributed by atoms with E-state index < -0.39 is 79.0 Å². The molecule has 3 rings (SSSR count). The number of rotatable bonds is 11. The van der Waals surface area contributed by atoms with Crippen molar-refractivity contribution < 1.29 is 41.8 Å². The van der Waals surface area contributed by atoms with Crippen LogP contribution < -0.4 is 20.9 Å². The Morgan fingerprint density at radius 1 is 1.28 bits per heavy atom. The average molecular weight is 596 g/mol. The number of hydrogen-bond acceptors (Lipinski definition) is 9. The van der Waals surface area contributed by atoms with Gasteiger partial charge in [-0.25, -0.2) is 13.8 Å². The minimum atomic E-state index is -4.45. The second-order valence-electron chi connectivity index (χ2n) is 9.15. The highest BCUT2D eigenvalue weighted by atomic mass is 35.5. The van der Waals surface area contributed by atoms with Gasteiger partial charge in [-0.2, -0.15) is 9.48 Å². The predicted molar refractivity (Wildman–Crippen MR) is 135 cm³/mol. The summed E-state index contributed by atoms with van der Waals surface area (Å²) in [6.07, 6.45) is -6.62. The molecule has 12 nitrogen and oxygen atoms in total. The molecule has 0 spiro atoms. The minimum Gasteiger partial charge on any atom is -0.462 e. The van der Waals surface area contributed by atoms with Crippen molar-refractivity contribution in [1.29, 1.82) is 0 Å². The van der Waals surface area contributed by atoms with Crippen LogP contribution in [0.1, 0.15) is 33.9 Å². The molecule has 1 aliphatic rings. The third kappa shape index (κ3) is 6.94. The number of nitrogens with zero attached hydrogens (tertiary/aromatic N) is 1. The maximum Gasteiger partial charge on any atom is 0.459 e. The fourth-order valence-corrected chi connectivity index (χ4v) is 5.78. The van der Waals surface area contributed by atoms with Crippen LogP contribution in [-0.4, -0.2) is 62.6 Å². The number of aliphatic hydroxyl groups excluding tert-OH is 1. The number of H-pyrrole nitrogens is 1. The highest BCUT2D eigenvalue weighted by Gasteiger charge is 2.59. The number of carbonyl (C=O) groups is 1. The van der Waals surface area contributed by atoms with E-state index >= 15 is 0 Å². The first-order valence-electron chi connectivity index (χ1n) is 11.8. The topological polar surface area (TPSA) is 158 Å². The van der Waals surface area contributed by atoms with Crippen LogP contribution in [0.25, 0.3) is 0 Å². The molecule has 0 aliphatic carbocycles. The zero-order valence-corrected chi connectivity index (χ0v) is 23.0. The summed E-state index contributed by atoms with van der Waals surface area (Å²) in [5, 5.41) is 13.4. The zero-order chi connectivity index (χ0) is 29.1. The van der Waals surface area contributed by atoms with Gasteiger partial charge in [-0.3, -0.25) is 23.7 Å². The number of carbonyl (C=O) groups excluding carboxylic acids is 1. The summed E-state index contributed by atoms with van der Waals surface area (Å²) in [6.45, 7) is 4.45. The van der Waals surface area contributed by atoms with Gasteiger partial charge >= 0.3 is 19.4 Å². The summed E-state index contributed by atoms with van der Waals surface area (Å²) in [4.78, 5) is 35.5. The van der Waals surface area contributed by atoms with E-state index in [0.29, 0.717) is 10.8 Å². The second-order valence-corrected chi connectivity index (χ2v) is 11.5. The Kier molecular flexibility index (Phi) is 9.73. The Bertz CT molecular complexity index is 1330. The first-order valence-corrected chi connectivity index (χ1v) is 13.7. The van der Waals surface area contributed by atoms with Crippen LogP contribution in [0.2, 0.25) is 0 Å². The monoisotopic (exact) mass is 595 g/mol. The Labute approximate surface area is 226 Å². The number of benzene rings is 1. The maximum absolute atomic E-state index is 14.2. The third-order valence-electron chi connectivity index (χ3n) is 5.67. The van der Waals surface area contributed by atoms with E-state index in [2.05, 4.69) is 5.09 Å². The fraction of sp³-hybridized carbons (Fsp3) is 0.522. The molecule has 1 aromatic heterocycles. The lowest BCUT2D eigenvalue weighted by Crippen LogP contribution is -2.48. The summed E-state index contributed by atoms with van der Waals surface area (Å²) >= 11 is 6.33. The third-order valence-corrected chi connectivity index (χ3v) is 7.95. The number of halogens is 3. The van der Waals surface area contributed by atoms with Crippen LogP contribution in [0.15, 0.2) is 46.1 Å². The van der Waals surface area contributed by atoms with Crippen LogP contribution in [-0.2, 0) is 23.4 Å². The predicted octanol–water partition coefficient (Wildman–Crippen LogP) is 2.40. The molecule has 0 bridgehead atoms. The van der Waals surface area contributed by atoms with Crippen LogP contribution in [0.4, 0.5) is 8.78 Å². The largest absolute Gasteiger partial charge is 0.462 e. The van der Waals surface area contributed by atoms with Gasteiger partial charge < -0.3 is 19.1 Å². The van der Waals surface area contributed by atoms with E-state index in [1.165, 1.54) is 26.0 Å². The van der Waals surface area contributed by atoms with Gasteiger partial charge in [0.05, 0.1) is 18.4 Å². The lowest BCUT2D eigenvalue weighted by molar-refractivity contribution is -0.149. The van der Waals surface area contributed by atoms with E-state index in [-0.39, 0.29) is 5.75 Å². The van der Waals surface area contributed by atoms with Crippen molar-refractivity contribution in [2.75, 3.05) is 6.67 Å². The summed E-state index contributed by atoms with van der Waals surface area (Å²) in [7, 11) is -4.45. The van der Waals surface area contributed by atoms with Crippen LogP contribution in [0.3, 0.4) is 0 Å². The molecule has 16 heteroatoms. The van der Waals surface area contributed by atoms with Crippen molar-refractivity contribution >= 4 is 25.3 Å². The second kappa shape index (κ2) is 12.3. The molecule has 1 unspecified atom stereocenters. The normalized spacial score (nSPS) is 26.1. The smallest absolute Gasteiger partial charge is 0.459 e. The first-order chi connectivity index (χ1) is 18.2. The molecular weight excluding hydrogens is 567 g/mol. The number of hydrogen-bond donors (Lipinski definition) is 3. The molecule has 1 aromatic carbocycles. The number of aromatic nitrogens is 2. The molecule has 1 aliphatic heterocycles. The molecule has 3 N–H and O–H groups in total. The fourth-order valence-electron chi connectivity index (χ4n) is 3.80. The minimum absolute atomic E-state index is 0.0986. The van der Waals surface area contributed by atoms with Gasteiger partial charge in [0.2, 0.25) is 5.82 Å². The van der Waals surface area contributed by atoms with E-state index in [4.69, 9.17) is 30.1 Å². The summed E-state index contributed by atoms with van der Waals surface area (Å²) in [5.41, 5.74) is -2.50. The van der Waals surface area contributed by atoms with E-state index in [0.717, 1.165) is 0 Å². The first kappa shape index (κ1) is 30.9. The molecule has 0 amide bonds. The van der Waals surface area contributed by atoms with Gasteiger partial charge in [0.15, 0.2) is 6.23 Å². The van der Waals surface area contributed by atoms with E-state index in [1.54, 1.807) is 37.0 Å². The molecule has 1 fully saturated rings. The number of nitrogens with one attached hydrogen (secondary N) is 2. The number of aromatic amines is 1. The zero-order valence-electron chi connectivity index (χ0n) is 21.4. The van der Waals surface area contributed by atoms with Crippen molar-refractivity contribution in [3.63, 3.8) is 0 Å². The van der Waals surface area contributed by atoms with Crippen LogP contribution >= 0.6 is 19.3 Å². The van der Waals surface area contributed by atoms with Crippen LogP contribution in [0, 0.1) is 5.82 Å².